The highest BCUT2D eigenvalue weighted by atomic mass is 35.5. The van der Waals surface area contributed by atoms with Gasteiger partial charge in [-0.25, -0.2) is 27.2 Å². The zero-order valence-corrected chi connectivity index (χ0v) is 25.8. The van der Waals surface area contributed by atoms with Gasteiger partial charge in [0.25, 0.3) is 0 Å². The average molecular weight is 644 g/mol. The van der Waals surface area contributed by atoms with Gasteiger partial charge in [-0.15, -0.1) is 0 Å². The van der Waals surface area contributed by atoms with E-state index in [1.165, 1.54) is 30.8 Å². The number of nitrogens with one attached hydrogen (secondary N) is 1. The van der Waals surface area contributed by atoms with Gasteiger partial charge in [-0.3, -0.25) is 0 Å². The van der Waals surface area contributed by atoms with E-state index in [9.17, 15) is 12.8 Å². The Kier molecular flexibility index (Phi) is 9.67. The van der Waals surface area contributed by atoms with E-state index in [0.29, 0.717) is 51.6 Å². The van der Waals surface area contributed by atoms with Crippen molar-refractivity contribution in [1.29, 1.82) is 0 Å². The van der Waals surface area contributed by atoms with Crippen LogP contribution in [0.5, 0.6) is 5.75 Å². The van der Waals surface area contributed by atoms with Gasteiger partial charge in [0.15, 0.2) is 15.4 Å². The van der Waals surface area contributed by atoms with Gasteiger partial charge in [0.05, 0.1) is 29.2 Å². The lowest BCUT2D eigenvalue weighted by Gasteiger charge is -2.37. The highest BCUT2D eigenvalue weighted by molar-refractivity contribution is 7.91. The third-order valence-electron chi connectivity index (χ3n) is 7.50. The molecule has 3 aromatic carbocycles. The van der Waals surface area contributed by atoms with Crippen molar-refractivity contribution in [3.05, 3.63) is 101 Å². The molecule has 2 unspecified atom stereocenters. The summed E-state index contributed by atoms with van der Waals surface area (Å²) in [5.74, 6) is -0.173. The number of hydrogen-bond acceptors (Lipinski definition) is 8. The SMILES string of the molecule is CCC(OCCS(=O)(=O)CC)C1(c2cc3c(Nc4ccc(OCc5cccc(F)c5)c(Cl)c4)ncnc3cc2F)CC=CO1. The summed E-state index contributed by atoms with van der Waals surface area (Å²) in [6.45, 7) is 3.58. The molecule has 44 heavy (non-hydrogen) atoms. The van der Waals surface area contributed by atoms with E-state index in [1.807, 2.05) is 6.92 Å². The summed E-state index contributed by atoms with van der Waals surface area (Å²) in [6.07, 6.45) is 4.79. The minimum atomic E-state index is -3.24. The van der Waals surface area contributed by atoms with Crippen molar-refractivity contribution in [2.75, 3.05) is 23.4 Å². The summed E-state index contributed by atoms with van der Waals surface area (Å²) >= 11 is 6.50. The summed E-state index contributed by atoms with van der Waals surface area (Å²) in [6, 6.07) is 14.2. The van der Waals surface area contributed by atoms with Gasteiger partial charge in [-0.2, -0.15) is 0 Å². The molecule has 0 radical (unpaired) electrons. The molecule has 0 spiro atoms. The lowest BCUT2D eigenvalue weighted by molar-refractivity contribution is -0.108. The molecule has 1 N–H and O–H groups in total. The van der Waals surface area contributed by atoms with Gasteiger partial charge in [0.1, 0.15) is 42.2 Å². The first-order valence-corrected chi connectivity index (χ1v) is 16.4. The normalized spacial score (nSPS) is 17.0. The highest BCUT2D eigenvalue weighted by Gasteiger charge is 2.46. The first-order valence-electron chi connectivity index (χ1n) is 14.2. The Balaban J connectivity index is 1.41. The van der Waals surface area contributed by atoms with Gasteiger partial charge in [-0.1, -0.05) is 37.6 Å². The molecule has 0 fully saturated rings. The molecule has 1 aromatic heterocycles. The van der Waals surface area contributed by atoms with Crippen LogP contribution in [0.2, 0.25) is 5.02 Å². The molecule has 0 saturated heterocycles. The van der Waals surface area contributed by atoms with Crippen LogP contribution in [-0.4, -0.2) is 42.6 Å². The number of nitrogens with zero attached hydrogens (tertiary/aromatic N) is 2. The number of halogens is 3. The third-order valence-corrected chi connectivity index (χ3v) is 9.46. The molecule has 1 aliphatic heterocycles. The lowest BCUT2D eigenvalue weighted by atomic mass is 9.83. The number of benzene rings is 3. The summed E-state index contributed by atoms with van der Waals surface area (Å²) < 4.78 is 71.2. The van der Waals surface area contributed by atoms with Crippen LogP contribution in [0.1, 0.15) is 37.8 Å². The summed E-state index contributed by atoms with van der Waals surface area (Å²) in [4.78, 5) is 8.66. The van der Waals surface area contributed by atoms with Crippen molar-refractivity contribution in [2.24, 2.45) is 0 Å². The Morgan fingerprint density at radius 3 is 2.66 bits per heavy atom. The maximum Gasteiger partial charge on any atom is 0.165 e. The molecule has 0 amide bonds. The van der Waals surface area contributed by atoms with E-state index in [0.717, 1.165) is 0 Å². The molecule has 5 rings (SSSR count). The fourth-order valence-corrected chi connectivity index (χ4v) is 6.03. The summed E-state index contributed by atoms with van der Waals surface area (Å²) in [5.41, 5.74) is 0.672. The van der Waals surface area contributed by atoms with Crippen molar-refractivity contribution >= 4 is 43.8 Å². The van der Waals surface area contributed by atoms with Crippen LogP contribution in [0.3, 0.4) is 0 Å². The number of aromatic nitrogens is 2. The van der Waals surface area contributed by atoms with E-state index in [2.05, 4.69) is 15.3 Å². The monoisotopic (exact) mass is 643 g/mol. The molecule has 0 aliphatic carbocycles. The van der Waals surface area contributed by atoms with Crippen LogP contribution in [0, 0.1) is 11.6 Å². The van der Waals surface area contributed by atoms with E-state index < -0.39 is 27.4 Å². The zero-order valence-electron chi connectivity index (χ0n) is 24.2. The Labute approximate surface area is 260 Å². The largest absolute Gasteiger partial charge is 0.487 e. The van der Waals surface area contributed by atoms with Gasteiger partial charge in [-0.05, 0) is 54.5 Å². The Morgan fingerprint density at radius 1 is 1.11 bits per heavy atom. The molecule has 0 bridgehead atoms. The Morgan fingerprint density at radius 2 is 1.95 bits per heavy atom. The number of anilines is 2. The number of rotatable bonds is 13. The molecule has 2 heterocycles. The van der Waals surface area contributed by atoms with Gasteiger partial charge < -0.3 is 19.5 Å². The standard InChI is InChI=1S/C32H32ClF2N3O5S/c1-3-30(41-13-14-44(39,40)4-2)32(11-6-12-43-32)25-17-24-28(18-27(25)35)36-20-37-31(24)38-23-9-10-29(26(33)16-23)42-19-21-7-5-8-22(34)15-21/h5-10,12,15-18,20,30H,3-4,11,13-14,19H2,1-2H3,(H,36,37,38). The maximum absolute atomic E-state index is 15.8. The second-order valence-corrected chi connectivity index (χ2v) is 13.2. The van der Waals surface area contributed by atoms with Crippen LogP contribution >= 0.6 is 11.6 Å². The van der Waals surface area contributed by atoms with Crippen molar-refractivity contribution in [3.8, 4) is 5.75 Å². The van der Waals surface area contributed by atoms with E-state index >= 15 is 4.39 Å². The predicted molar refractivity (Wildman–Crippen MR) is 166 cm³/mol. The molecular weight excluding hydrogens is 612 g/mol. The van der Waals surface area contributed by atoms with Crippen molar-refractivity contribution < 1.29 is 31.4 Å². The van der Waals surface area contributed by atoms with Crippen LogP contribution < -0.4 is 10.1 Å². The van der Waals surface area contributed by atoms with Crippen molar-refractivity contribution in [1.82, 2.24) is 9.97 Å². The Bertz CT molecular complexity index is 1780. The minimum absolute atomic E-state index is 0.0152. The van der Waals surface area contributed by atoms with E-state index in [4.69, 9.17) is 25.8 Å². The summed E-state index contributed by atoms with van der Waals surface area (Å²) in [7, 11) is -3.24. The van der Waals surface area contributed by atoms with Crippen molar-refractivity contribution in [3.63, 3.8) is 0 Å². The molecule has 0 saturated carbocycles. The predicted octanol–water partition coefficient (Wildman–Crippen LogP) is 7.24. The Hall–Kier alpha value is -3.80. The minimum Gasteiger partial charge on any atom is -0.487 e. The molecule has 1 aliphatic rings. The molecule has 232 valence electrons. The topological polar surface area (TPSA) is 99.6 Å². The van der Waals surface area contributed by atoms with Crippen LogP contribution in [-0.2, 0) is 31.5 Å². The number of ether oxygens (including phenoxy) is 3. The van der Waals surface area contributed by atoms with Crippen LogP contribution in [0.4, 0.5) is 20.3 Å². The number of hydrogen-bond donors (Lipinski definition) is 1. The molecule has 4 aromatic rings. The molecule has 8 nitrogen and oxygen atoms in total. The average Bonchev–Trinajstić information content (AvgIpc) is 3.49. The van der Waals surface area contributed by atoms with Crippen molar-refractivity contribution in [2.45, 2.75) is 45.0 Å². The van der Waals surface area contributed by atoms with Gasteiger partial charge in [0, 0.05) is 34.9 Å². The number of fused-ring (bicyclic) bond motifs is 1. The first-order chi connectivity index (χ1) is 21.1. The highest BCUT2D eigenvalue weighted by Crippen LogP contribution is 2.43. The summed E-state index contributed by atoms with van der Waals surface area (Å²) in [5, 5.41) is 4.09. The van der Waals surface area contributed by atoms with Crippen LogP contribution in [0.15, 0.2) is 73.3 Å². The molecule has 2 atom stereocenters. The third kappa shape index (κ3) is 6.95. The first kappa shape index (κ1) is 31.6. The smallest absolute Gasteiger partial charge is 0.165 e. The van der Waals surface area contributed by atoms with E-state index in [-0.39, 0.29) is 36.1 Å². The quantitative estimate of drug-likeness (QED) is 0.163. The number of sulfone groups is 1. The van der Waals surface area contributed by atoms with Gasteiger partial charge in [0.2, 0.25) is 0 Å². The van der Waals surface area contributed by atoms with Crippen LogP contribution in [0.25, 0.3) is 10.9 Å². The second-order valence-electron chi connectivity index (χ2n) is 10.3. The maximum atomic E-state index is 15.8. The lowest BCUT2D eigenvalue weighted by Crippen LogP contribution is -2.42. The van der Waals surface area contributed by atoms with E-state index in [1.54, 1.807) is 49.4 Å². The van der Waals surface area contributed by atoms with Gasteiger partial charge >= 0.3 is 0 Å². The molecular formula is C32H32ClF2N3O5S. The zero-order chi connectivity index (χ0) is 31.3. The second kappa shape index (κ2) is 13.5. The molecule has 12 heteroatoms. The fourth-order valence-electron chi connectivity index (χ4n) is 5.16. The fraction of sp³-hybridized carbons (Fsp3) is 0.312.